The maximum Gasteiger partial charge on any atom is 0.315 e. The van der Waals surface area contributed by atoms with Crippen molar-refractivity contribution in [1.29, 1.82) is 0 Å². The van der Waals surface area contributed by atoms with Gasteiger partial charge in [-0.2, -0.15) is 18.6 Å². The van der Waals surface area contributed by atoms with Crippen LogP contribution in [-0.2, 0) is 14.4 Å². The van der Waals surface area contributed by atoms with Crippen LogP contribution in [0.3, 0.4) is 0 Å². The average Bonchev–Trinajstić information content (AvgIpc) is 2.28. The fourth-order valence-corrected chi connectivity index (χ4v) is 2.50. The monoisotopic (exact) mass is 238 g/mol. The number of rotatable bonds is 2. The average molecular weight is 238 g/mol. The quantitative estimate of drug-likeness (QED) is 0.601. The normalized spacial score (nSPS) is 11.8. The number of hydrogen-bond donors (Lipinski definition) is 2. The smallest absolute Gasteiger partial charge is 0.315 e. The summed E-state index contributed by atoms with van der Waals surface area (Å²) in [7, 11) is -4.00. The van der Waals surface area contributed by atoms with Gasteiger partial charge in [-0.15, -0.1) is 0 Å². The lowest BCUT2D eigenvalue weighted by atomic mass is 10.1. The molecule has 84 valence electrons. The van der Waals surface area contributed by atoms with Gasteiger partial charge in [-0.25, -0.2) is 0 Å². The molecule has 4 N–H and O–H groups in total. The Hall–Kier alpha value is -1.63. The molecule has 0 aliphatic rings. The van der Waals surface area contributed by atoms with Gasteiger partial charge in [-0.3, -0.25) is 0 Å². The van der Waals surface area contributed by atoms with Gasteiger partial charge in [-0.1, -0.05) is 30.3 Å². The van der Waals surface area contributed by atoms with E-state index in [9.17, 15) is 8.42 Å². The third kappa shape index (κ3) is 1.63. The molecule has 0 spiro atoms. The van der Waals surface area contributed by atoms with E-state index in [1.54, 1.807) is 30.3 Å². The van der Waals surface area contributed by atoms with E-state index in [1.165, 1.54) is 6.07 Å². The van der Waals surface area contributed by atoms with Crippen LogP contribution in [0.4, 0.5) is 5.69 Å². The molecule has 2 aromatic carbocycles. The fraction of sp³-hybridized carbons (Fsp3) is 0. The Morgan fingerprint density at radius 3 is 2.44 bits per heavy atom. The summed E-state index contributed by atoms with van der Waals surface area (Å²) in [4.78, 5) is -0.0897. The van der Waals surface area contributed by atoms with Crippen molar-refractivity contribution in [3.8, 4) is 0 Å². The molecule has 0 bridgehead atoms. The standard InChI is InChI=1S/C10H10N2O3S/c11-9-6-5-7-3-1-2-4-8(7)10(9)16(13,14)15-12/h1-6H,11-12H2. The second kappa shape index (κ2) is 3.75. The first kappa shape index (κ1) is 10.9. The molecule has 0 aliphatic heterocycles. The molecule has 0 amide bonds. The van der Waals surface area contributed by atoms with Gasteiger partial charge in [0.1, 0.15) is 4.90 Å². The molecule has 0 fully saturated rings. The number of nitrogen functional groups attached to an aromatic ring is 1. The Morgan fingerprint density at radius 1 is 1.06 bits per heavy atom. The number of nitrogens with two attached hydrogens (primary N) is 2. The van der Waals surface area contributed by atoms with Crippen LogP contribution < -0.4 is 11.6 Å². The van der Waals surface area contributed by atoms with Gasteiger partial charge in [0, 0.05) is 5.39 Å². The minimum absolute atomic E-state index is 0.0897. The van der Waals surface area contributed by atoms with Crippen LogP contribution in [0.5, 0.6) is 0 Å². The Labute approximate surface area is 92.7 Å². The molecule has 2 aromatic rings. The predicted octanol–water partition coefficient (Wildman–Crippen LogP) is 1.00. The van der Waals surface area contributed by atoms with Gasteiger partial charge in [0.25, 0.3) is 0 Å². The summed E-state index contributed by atoms with van der Waals surface area (Å²) in [6.07, 6.45) is 0. The van der Waals surface area contributed by atoms with Gasteiger partial charge >= 0.3 is 10.1 Å². The van der Waals surface area contributed by atoms with E-state index >= 15 is 0 Å². The first-order valence-corrected chi connectivity index (χ1v) is 5.87. The van der Waals surface area contributed by atoms with Crippen LogP contribution in [-0.4, -0.2) is 8.42 Å². The maximum atomic E-state index is 11.6. The van der Waals surface area contributed by atoms with Crippen molar-refractivity contribution in [2.24, 2.45) is 5.90 Å². The minimum Gasteiger partial charge on any atom is -0.398 e. The molecular weight excluding hydrogens is 228 g/mol. The molecule has 16 heavy (non-hydrogen) atoms. The first-order valence-electron chi connectivity index (χ1n) is 4.47. The SMILES string of the molecule is NOS(=O)(=O)c1c(N)ccc2ccccc12. The van der Waals surface area contributed by atoms with E-state index in [0.717, 1.165) is 5.39 Å². The van der Waals surface area contributed by atoms with Gasteiger partial charge in [0.2, 0.25) is 0 Å². The van der Waals surface area contributed by atoms with E-state index < -0.39 is 10.1 Å². The zero-order valence-corrected chi connectivity index (χ0v) is 9.07. The highest BCUT2D eigenvalue weighted by Gasteiger charge is 2.20. The lowest BCUT2D eigenvalue weighted by Crippen LogP contribution is -2.13. The zero-order chi connectivity index (χ0) is 11.8. The molecule has 0 atom stereocenters. The molecule has 0 unspecified atom stereocenters. The first-order chi connectivity index (χ1) is 7.56. The predicted molar refractivity (Wildman–Crippen MR) is 60.8 cm³/mol. The Balaban J connectivity index is 2.92. The van der Waals surface area contributed by atoms with E-state index in [-0.39, 0.29) is 10.6 Å². The summed E-state index contributed by atoms with van der Waals surface area (Å²) in [6, 6.07) is 10.2. The number of benzene rings is 2. The van der Waals surface area contributed by atoms with Gasteiger partial charge in [0.05, 0.1) is 5.69 Å². The molecule has 0 saturated heterocycles. The van der Waals surface area contributed by atoms with Crippen molar-refractivity contribution in [2.75, 3.05) is 5.73 Å². The molecule has 2 rings (SSSR count). The molecule has 0 radical (unpaired) electrons. The largest absolute Gasteiger partial charge is 0.398 e. The van der Waals surface area contributed by atoms with E-state index in [2.05, 4.69) is 4.28 Å². The van der Waals surface area contributed by atoms with Crippen molar-refractivity contribution in [1.82, 2.24) is 0 Å². The highest BCUT2D eigenvalue weighted by Crippen LogP contribution is 2.29. The Kier molecular flexibility index (Phi) is 2.55. The van der Waals surface area contributed by atoms with Crippen molar-refractivity contribution >= 4 is 26.6 Å². The molecule has 0 aliphatic carbocycles. The van der Waals surface area contributed by atoms with Crippen molar-refractivity contribution < 1.29 is 12.7 Å². The van der Waals surface area contributed by atoms with Gasteiger partial charge in [-0.05, 0) is 11.5 Å². The van der Waals surface area contributed by atoms with Crippen LogP contribution in [0.1, 0.15) is 0 Å². The summed E-state index contributed by atoms with van der Waals surface area (Å²) < 4.78 is 27.2. The van der Waals surface area contributed by atoms with Crippen LogP contribution in [0.2, 0.25) is 0 Å². The van der Waals surface area contributed by atoms with E-state index in [0.29, 0.717) is 5.39 Å². The van der Waals surface area contributed by atoms with E-state index in [1.807, 2.05) is 0 Å². The summed E-state index contributed by atoms with van der Waals surface area (Å²) in [6.45, 7) is 0. The number of hydrogen-bond acceptors (Lipinski definition) is 5. The summed E-state index contributed by atoms with van der Waals surface area (Å²) in [5.74, 6) is 4.75. The second-order valence-corrected chi connectivity index (χ2v) is 4.76. The van der Waals surface area contributed by atoms with Crippen LogP contribution >= 0.6 is 0 Å². The van der Waals surface area contributed by atoms with Crippen LogP contribution in [0.25, 0.3) is 10.8 Å². The topological polar surface area (TPSA) is 95.4 Å². The van der Waals surface area contributed by atoms with Crippen molar-refractivity contribution in [2.45, 2.75) is 4.90 Å². The zero-order valence-electron chi connectivity index (χ0n) is 8.25. The Bertz CT molecular complexity index is 638. The number of fused-ring (bicyclic) bond motifs is 1. The molecule has 0 heterocycles. The molecular formula is C10H10N2O3S. The third-order valence-corrected chi connectivity index (χ3v) is 3.50. The third-order valence-electron chi connectivity index (χ3n) is 2.29. The molecule has 5 nitrogen and oxygen atoms in total. The van der Waals surface area contributed by atoms with Crippen molar-refractivity contribution in [3.63, 3.8) is 0 Å². The van der Waals surface area contributed by atoms with E-state index in [4.69, 9.17) is 11.6 Å². The maximum absolute atomic E-state index is 11.6. The molecule has 6 heteroatoms. The molecule has 0 aromatic heterocycles. The number of anilines is 1. The summed E-state index contributed by atoms with van der Waals surface area (Å²) >= 11 is 0. The second-order valence-electron chi connectivity index (χ2n) is 3.26. The lowest BCUT2D eigenvalue weighted by Gasteiger charge is -2.08. The van der Waals surface area contributed by atoms with Gasteiger partial charge < -0.3 is 5.73 Å². The molecule has 0 saturated carbocycles. The highest BCUT2D eigenvalue weighted by atomic mass is 32.2. The minimum atomic E-state index is -4.00. The summed E-state index contributed by atoms with van der Waals surface area (Å²) in [5.41, 5.74) is 5.75. The summed E-state index contributed by atoms with van der Waals surface area (Å²) in [5, 5.41) is 1.25. The van der Waals surface area contributed by atoms with Gasteiger partial charge in [0.15, 0.2) is 0 Å². The highest BCUT2D eigenvalue weighted by molar-refractivity contribution is 7.87. The van der Waals surface area contributed by atoms with Crippen LogP contribution in [0, 0.1) is 0 Å². The van der Waals surface area contributed by atoms with Crippen molar-refractivity contribution in [3.05, 3.63) is 36.4 Å². The van der Waals surface area contributed by atoms with Crippen LogP contribution in [0.15, 0.2) is 41.3 Å². The lowest BCUT2D eigenvalue weighted by molar-refractivity contribution is 0.333. The fourth-order valence-electron chi connectivity index (χ4n) is 1.59. The Morgan fingerprint density at radius 2 is 1.75 bits per heavy atom.